The minimum atomic E-state index is -1.08. The Kier molecular flexibility index (Phi) is 5.06. The van der Waals surface area contributed by atoms with Crippen molar-refractivity contribution >= 4 is 28.9 Å². The van der Waals surface area contributed by atoms with Gasteiger partial charge < -0.3 is 15.2 Å². The maximum absolute atomic E-state index is 13.1. The second-order valence-electron chi connectivity index (χ2n) is 9.05. The number of anilines is 1. The zero-order chi connectivity index (χ0) is 25.0. The van der Waals surface area contributed by atoms with Crippen LogP contribution in [-0.4, -0.2) is 65.9 Å². The fourth-order valence-electron chi connectivity index (χ4n) is 5.05. The second-order valence-corrected chi connectivity index (χ2v) is 9.05. The van der Waals surface area contributed by atoms with Crippen LogP contribution in [0.1, 0.15) is 12.8 Å². The molecule has 6 rings (SSSR count). The smallest absolute Gasteiger partial charge is 0.408 e. The Bertz CT molecular complexity index is 1500. The largest absolute Gasteiger partial charge is 0.493 e. The maximum Gasteiger partial charge on any atom is 0.408 e. The van der Waals surface area contributed by atoms with Crippen molar-refractivity contribution in [2.75, 3.05) is 12.4 Å². The van der Waals surface area contributed by atoms with Gasteiger partial charge in [-0.3, -0.25) is 14.4 Å². The zero-order valence-electron chi connectivity index (χ0n) is 19.6. The van der Waals surface area contributed by atoms with Crippen LogP contribution in [0.25, 0.3) is 33.5 Å². The number of carbonyl (C=O) groups excluding carboxylic acids is 1. The molecule has 0 radical (unpaired) electrons. The van der Waals surface area contributed by atoms with Crippen molar-refractivity contribution in [1.82, 2.24) is 29.6 Å². The molecule has 2 fully saturated rings. The molecule has 36 heavy (non-hydrogen) atoms. The third-order valence-electron chi connectivity index (χ3n) is 6.80. The van der Waals surface area contributed by atoms with Crippen LogP contribution < -0.4 is 10.1 Å². The van der Waals surface area contributed by atoms with Gasteiger partial charge in [0.2, 0.25) is 5.91 Å². The summed E-state index contributed by atoms with van der Waals surface area (Å²) in [6.45, 7) is 0. The Morgan fingerprint density at radius 3 is 2.69 bits per heavy atom. The first-order valence-electron chi connectivity index (χ1n) is 11.6. The molecule has 3 aromatic heterocycles. The summed E-state index contributed by atoms with van der Waals surface area (Å²) in [7, 11) is 3.31. The van der Waals surface area contributed by atoms with Gasteiger partial charge in [0.1, 0.15) is 29.3 Å². The van der Waals surface area contributed by atoms with Gasteiger partial charge in [0.15, 0.2) is 11.6 Å². The first-order chi connectivity index (χ1) is 17.4. The summed E-state index contributed by atoms with van der Waals surface area (Å²) < 4.78 is 7.19. The molecule has 2 amide bonds. The monoisotopic (exact) mass is 485 g/mol. The molecule has 11 heteroatoms. The van der Waals surface area contributed by atoms with Crippen molar-refractivity contribution < 1.29 is 19.4 Å². The minimum Gasteiger partial charge on any atom is -0.493 e. The number of carbonyl (C=O) groups is 2. The predicted octanol–water partition coefficient (Wildman–Crippen LogP) is 3.18. The summed E-state index contributed by atoms with van der Waals surface area (Å²) >= 11 is 0. The van der Waals surface area contributed by atoms with Crippen molar-refractivity contribution in [2.24, 2.45) is 13.0 Å². The normalized spacial score (nSPS) is 20.3. The second kappa shape index (κ2) is 8.29. The van der Waals surface area contributed by atoms with Gasteiger partial charge in [-0.2, -0.15) is 5.10 Å². The van der Waals surface area contributed by atoms with Gasteiger partial charge in [-0.05, 0) is 18.8 Å². The van der Waals surface area contributed by atoms with Crippen molar-refractivity contribution in [3.05, 3.63) is 48.9 Å². The number of nitrogens with one attached hydrogen (secondary N) is 1. The van der Waals surface area contributed by atoms with E-state index in [9.17, 15) is 14.7 Å². The van der Waals surface area contributed by atoms with E-state index < -0.39 is 18.0 Å². The predicted molar refractivity (Wildman–Crippen MR) is 130 cm³/mol. The van der Waals surface area contributed by atoms with E-state index in [4.69, 9.17) is 9.72 Å². The molecule has 0 unspecified atom stereocenters. The topological polar surface area (TPSA) is 135 Å². The number of amides is 2. The SMILES string of the molecule is COc1cc2ncnc(-c3cn(C)nc3-c3ccccc3)c2nc1NC(=O)[C@H]1C[C@H]2C[C@H]2N1C(=O)O. The molecule has 0 bridgehead atoms. The fourth-order valence-corrected chi connectivity index (χ4v) is 5.05. The number of rotatable bonds is 5. The molecule has 1 aliphatic carbocycles. The summed E-state index contributed by atoms with van der Waals surface area (Å²) in [5, 5.41) is 17.0. The molecular weight excluding hydrogens is 462 g/mol. The number of nitrogens with zero attached hydrogens (tertiary/aromatic N) is 6. The summed E-state index contributed by atoms with van der Waals surface area (Å²) in [6.07, 6.45) is 3.55. The molecule has 1 aliphatic heterocycles. The molecule has 1 saturated heterocycles. The lowest BCUT2D eigenvalue weighted by atomic mass is 10.0. The fraction of sp³-hybridized carbons (Fsp3) is 0.280. The van der Waals surface area contributed by atoms with E-state index in [2.05, 4.69) is 20.4 Å². The van der Waals surface area contributed by atoms with Crippen LogP contribution in [0.3, 0.4) is 0 Å². The Morgan fingerprint density at radius 2 is 1.94 bits per heavy atom. The quantitative estimate of drug-likeness (QED) is 0.440. The molecule has 4 aromatic rings. The van der Waals surface area contributed by atoms with E-state index in [0.717, 1.165) is 23.2 Å². The number of piperidine rings is 1. The van der Waals surface area contributed by atoms with Gasteiger partial charge in [-0.25, -0.2) is 19.7 Å². The highest BCUT2D eigenvalue weighted by molar-refractivity contribution is 6.00. The van der Waals surface area contributed by atoms with Crippen molar-refractivity contribution in [3.8, 4) is 28.3 Å². The molecule has 2 N–H and O–H groups in total. The molecule has 2 aliphatic rings. The average Bonchev–Trinajstić information content (AvgIpc) is 3.35. The zero-order valence-corrected chi connectivity index (χ0v) is 19.6. The number of hydrogen-bond acceptors (Lipinski definition) is 7. The molecule has 182 valence electrons. The number of methoxy groups -OCH3 is 1. The highest BCUT2D eigenvalue weighted by Gasteiger charge is 2.56. The third-order valence-corrected chi connectivity index (χ3v) is 6.80. The van der Waals surface area contributed by atoms with Crippen LogP contribution >= 0.6 is 0 Å². The van der Waals surface area contributed by atoms with Crippen LogP contribution in [0.4, 0.5) is 10.6 Å². The van der Waals surface area contributed by atoms with Crippen molar-refractivity contribution in [2.45, 2.75) is 24.9 Å². The highest BCUT2D eigenvalue weighted by Crippen LogP contribution is 2.48. The Balaban J connectivity index is 1.42. The van der Waals surface area contributed by atoms with Gasteiger partial charge >= 0.3 is 6.09 Å². The van der Waals surface area contributed by atoms with E-state index in [-0.39, 0.29) is 17.8 Å². The van der Waals surface area contributed by atoms with E-state index >= 15 is 0 Å². The molecule has 1 aromatic carbocycles. The van der Waals surface area contributed by atoms with Gasteiger partial charge in [0, 0.05) is 36.5 Å². The van der Waals surface area contributed by atoms with Crippen LogP contribution in [0, 0.1) is 5.92 Å². The first kappa shape index (κ1) is 22.0. The number of benzene rings is 1. The summed E-state index contributed by atoms with van der Waals surface area (Å²) in [6, 6.07) is 10.6. The minimum absolute atomic E-state index is 0.0771. The molecule has 0 spiro atoms. The van der Waals surface area contributed by atoms with E-state index in [1.807, 2.05) is 43.6 Å². The molecule has 1 saturated carbocycles. The summed E-state index contributed by atoms with van der Waals surface area (Å²) in [5.41, 5.74) is 3.98. The number of hydrogen-bond donors (Lipinski definition) is 2. The molecule has 11 nitrogen and oxygen atoms in total. The highest BCUT2D eigenvalue weighted by atomic mass is 16.5. The number of aromatic nitrogens is 5. The van der Waals surface area contributed by atoms with Crippen LogP contribution in [-0.2, 0) is 11.8 Å². The number of likely N-dealkylation sites (tertiary alicyclic amines) is 1. The van der Waals surface area contributed by atoms with Gasteiger partial charge in [0.25, 0.3) is 0 Å². The van der Waals surface area contributed by atoms with Gasteiger partial charge in [-0.15, -0.1) is 0 Å². The first-order valence-corrected chi connectivity index (χ1v) is 11.6. The lowest BCUT2D eigenvalue weighted by Crippen LogP contribution is -2.45. The van der Waals surface area contributed by atoms with Crippen LogP contribution in [0.5, 0.6) is 5.75 Å². The van der Waals surface area contributed by atoms with Crippen molar-refractivity contribution in [3.63, 3.8) is 0 Å². The summed E-state index contributed by atoms with van der Waals surface area (Å²) in [4.78, 5) is 39.7. The number of fused-ring (bicyclic) bond motifs is 2. The van der Waals surface area contributed by atoms with Crippen LogP contribution in [0.15, 0.2) is 48.9 Å². The Morgan fingerprint density at radius 1 is 1.14 bits per heavy atom. The molecule has 3 atom stereocenters. The van der Waals surface area contributed by atoms with Gasteiger partial charge in [-0.1, -0.05) is 30.3 Å². The van der Waals surface area contributed by atoms with Gasteiger partial charge in [0.05, 0.1) is 12.6 Å². The van der Waals surface area contributed by atoms with E-state index in [1.165, 1.54) is 18.3 Å². The Hall–Kier alpha value is -4.54. The van der Waals surface area contributed by atoms with E-state index in [0.29, 0.717) is 28.9 Å². The third kappa shape index (κ3) is 3.60. The standard InChI is InChI=1S/C25H23N7O4/c1-31-11-15(20(30-31)13-6-4-3-5-7-13)21-22-16(26-12-27-21)10-19(36-2)23(28-22)29-24(33)18-9-14-8-17(14)32(18)25(34)35/h3-7,10-12,14,17-18H,8-9H2,1-2H3,(H,34,35)(H,28,29,33)/t14-,17-,18-/m1/s1. The number of pyridine rings is 1. The number of aryl methyl sites for hydroxylation is 1. The Labute approximate surface area is 205 Å². The number of ether oxygens (including phenoxy) is 1. The average molecular weight is 486 g/mol. The number of carboxylic acid groups (broad SMARTS) is 1. The van der Waals surface area contributed by atoms with Crippen molar-refractivity contribution in [1.29, 1.82) is 0 Å². The maximum atomic E-state index is 13.1. The lowest BCUT2D eigenvalue weighted by molar-refractivity contribution is -0.120. The lowest BCUT2D eigenvalue weighted by Gasteiger charge is -2.24. The summed E-state index contributed by atoms with van der Waals surface area (Å²) in [5.74, 6) is 0.312. The molecular formula is C25H23N7O4. The van der Waals surface area contributed by atoms with E-state index in [1.54, 1.807) is 10.7 Å². The van der Waals surface area contributed by atoms with Crippen LogP contribution in [0.2, 0.25) is 0 Å². The molecule has 4 heterocycles.